The number of nitrogens with one attached hydrogen (secondary N) is 1. The number of anilines is 2. The molecule has 1 aromatic heterocycles. The second-order valence-electron chi connectivity index (χ2n) is 11.7. The van der Waals surface area contributed by atoms with E-state index in [0.717, 1.165) is 80.7 Å². The summed E-state index contributed by atoms with van der Waals surface area (Å²) in [6.07, 6.45) is -1.13. The third-order valence-corrected chi connectivity index (χ3v) is 8.65. The van der Waals surface area contributed by atoms with Gasteiger partial charge in [0.05, 0.1) is 24.2 Å². The Kier molecular flexibility index (Phi) is 8.50. The van der Waals surface area contributed by atoms with Crippen LogP contribution >= 0.6 is 0 Å². The van der Waals surface area contributed by atoms with E-state index in [-0.39, 0.29) is 23.4 Å². The predicted octanol–water partition coefficient (Wildman–Crippen LogP) is 5.77. The van der Waals surface area contributed by atoms with Crippen LogP contribution in [0.3, 0.4) is 0 Å². The smallest absolute Gasteiger partial charge is 0.416 e. The van der Waals surface area contributed by atoms with Gasteiger partial charge in [0.1, 0.15) is 17.4 Å². The van der Waals surface area contributed by atoms with Gasteiger partial charge in [-0.3, -0.25) is 4.79 Å². The van der Waals surface area contributed by atoms with E-state index in [9.17, 15) is 18.0 Å². The third kappa shape index (κ3) is 6.40. The highest BCUT2D eigenvalue weighted by Crippen LogP contribution is 2.43. The lowest BCUT2D eigenvalue weighted by molar-refractivity contribution is -0.138. The molecule has 226 valence electrons. The Labute approximate surface area is 244 Å². The maximum absolute atomic E-state index is 13.4. The molecule has 3 N–H and O–H groups in total. The standard InChI is InChI=1S/C31H39F3N6O2/c1-18(22-13-23(31(32,33)34)15-24(35)14-22)36-29-26-16-25(28(42-4)17-27(26)37-19(2)38-29)20-5-7-21(8-6-20)30(41)40-11-9-39(3)10-12-40/h13-18,20-21H,5-12,35H2,1-4H3,(H,36,37,38)/t18-,20?,21?/m0/s1. The molecule has 1 atom stereocenters. The third-order valence-electron chi connectivity index (χ3n) is 8.65. The van der Waals surface area contributed by atoms with E-state index in [1.807, 2.05) is 17.0 Å². The maximum atomic E-state index is 13.4. The van der Waals surface area contributed by atoms with E-state index in [4.69, 9.17) is 10.5 Å². The van der Waals surface area contributed by atoms with Gasteiger partial charge in [0, 0.05) is 49.2 Å². The number of benzene rings is 2. The van der Waals surface area contributed by atoms with Crippen LogP contribution in [0.2, 0.25) is 0 Å². The van der Waals surface area contributed by atoms with E-state index in [1.165, 1.54) is 0 Å². The Morgan fingerprint density at radius 2 is 1.74 bits per heavy atom. The molecule has 0 radical (unpaired) electrons. The van der Waals surface area contributed by atoms with Crippen molar-refractivity contribution < 1.29 is 22.7 Å². The molecule has 0 bridgehead atoms. The quantitative estimate of drug-likeness (QED) is 0.355. The lowest BCUT2D eigenvalue weighted by Gasteiger charge is -2.37. The largest absolute Gasteiger partial charge is 0.496 e. The molecular weight excluding hydrogens is 545 g/mol. The molecule has 42 heavy (non-hydrogen) atoms. The number of aromatic nitrogens is 2. The number of fused-ring (bicyclic) bond motifs is 1. The number of nitrogen functional groups attached to an aromatic ring is 1. The Morgan fingerprint density at radius 1 is 1.05 bits per heavy atom. The first kappa shape index (κ1) is 29.9. The molecule has 2 aromatic carbocycles. The van der Waals surface area contributed by atoms with Crippen molar-refractivity contribution >= 4 is 28.3 Å². The van der Waals surface area contributed by atoms with Gasteiger partial charge < -0.3 is 25.6 Å². The fourth-order valence-corrected chi connectivity index (χ4v) is 6.21. The zero-order valence-electron chi connectivity index (χ0n) is 24.6. The van der Waals surface area contributed by atoms with E-state index in [2.05, 4.69) is 27.2 Å². The average Bonchev–Trinajstić information content (AvgIpc) is 2.95. The molecule has 1 aliphatic heterocycles. The van der Waals surface area contributed by atoms with Crippen molar-refractivity contribution in [3.63, 3.8) is 0 Å². The molecule has 2 fully saturated rings. The van der Waals surface area contributed by atoms with Gasteiger partial charge in [0.15, 0.2) is 0 Å². The van der Waals surface area contributed by atoms with Crippen molar-refractivity contribution in [2.75, 3.05) is 51.4 Å². The minimum Gasteiger partial charge on any atom is -0.496 e. The zero-order valence-corrected chi connectivity index (χ0v) is 24.6. The Morgan fingerprint density at radius 3 is 2.38 bits per heavy atom. The van der Waals surface area contributed by atoms with Crippen molar-refractivity contribution in [1.29, 1.82) is 0 Å². The summed E-state index contributed by atoms with van der Waals surface area (Å²) in [6, 6.07) is 7.02. The number of piperazine rings is 1. The first-order chi connectivity index (χ1) is 19.9. The predicted molar refractivity (Wildman–Crippen MR) is 157 cm³/mol. The van der Waals surface area contributed by atoms with E-state index in [0.29, 0.717) is 22.7 Å². The first-order valence-corrected chi connectivity index (χ1v) is 14.5. The van der Waals surface area contributed by atoms with Gasteiger partial charge in [-0.2, -0.15) is 13.2 Å². The number of rotatable bonds is 6. The number of likely N-dealkylation sites (N-methyl/N-ethyl adjacent to an activating group) is 1. The molecule has 3 aromatic rings. The lowest BCUT2D eigenvalue weighted by Crippen LogP contribution is -2.49. The fourth-order valence-electron chi connectivity index (χ4n) is 6.21. The topological polar surface area (TPSA) is 96.6 Å². The second-order valence-corrected chi connectivity index (χ2v) is 11.7. The fraction of sp³-hybridized carbons (Fsp3) is 0.516. The summed E-state index contributed by atoms with van der Waals surface area (Å²) in [6.45, 7) is 6.95. The summed E-state index contributed by atoms with van der Waals surface area (Å²) in [7, 11) is 3.72. The van der Waals surface area contributed by atoms with E-state index >= 15 is 0 Å². The normalized spacial score (nSPS) is 20.9. The number of alkyl halides is 3. The number of ether oxygens (including phenoxy) is 1. The van der Waals surface area contributed by atoms with Crippen LogP contribution < -0.4 is 15.8 Å². The molecule has 0 spiro atoms. The van der Waals surface area contributed by atoms with Crippen LogP contribution in [0.5, 0.6) is 5.75 Å². The number of nitrogens with zero attached hydrogens (tertiary/aromatic N) is 4. The number of hydrogen-bond acceptors (Lipinski definition) is 7. The molecule has 1 saturated carbocycles. The van der Waals surface area contributed by atoms with Gasteiger partial charge in [-0.15, -0.1) is 0 Å². The van der Waals surface area contributed by atoms with Crippen LogP contribution in [0.15, 0.2) is 30.3 Å². The zero-order chi connectivity index (χ0) is 30.2. The molecule has 5 rings (SSSR count). The van der Waals surface area contributed by atoms with Gasteiger partial charge in [-0.25, -0.2) is 9.97 Å². The summed E-state index contributed by atoms with van der Waals surface area (Å²) in [4.78, 5) is 26.7. The van der Waals surface area contributed by atoms with Crippen LogP contribution in [0.25, 0.3) is 10.9 Å². The Hall–Kier alpha value is -3.60. The number of amides is 1. The van der Waals surface area contributed by atoms with Crippen LogP contribution in [-0.2, 0) is 11.0 Å². The van der Waals surface area contributed by atoms with E-state index < -0.39 is 17.8 Å². The monoisotopic (exact) mass is 584 g/mol. The average molecular weight is 585 g/mol. The molecule has 2 aliphatic rings. The van der Waals surface area contributed by atoms with Crippen molar-refractivity contribution in [3.05, 3.63) is 52.8 Å². The number of hydrogen-bond donors (Lipinski definition) is 2. The van der Waals surface area contributed by atoms with Gasteiger partial charge in [0.2, 0.25) is 5.91 Å². The van der Waals surface area contributed by atoms with Crippen LogP contribution in [0.4, 0.5) is 24.7 Å². The number of halogens is 3. The Balaban J connectivity index is 1.39. The van der Waals surface area contributed by atoms with Crippen molar-refractivity contribution in [2.45, 2.75) is 57.7 Å². The number of aryl methyl sites for hydroxylation is 1. The number of carbonyl (C=O) groups is 1. The minimum absolute atomic E-state index is 0.0417. The molecule has 1 saturated heterocycles. The highest BCUT2D eigenvalue weighted by molar-refractivity contribution is 5.91. The second kappa shape index (κ2) is 11.9. The molecule has 11 heteroatoms. The molecule has 0 unspecified atom stereocenters. The molecular formula is C31H39F3N6O2. The van der Waals surface area contributed by atoms with Crippen LogP contribution in [0, 0.1) is 12.8 Å². The van der Waals surface area contributed by atoms with Crippen molar-refractivity contribution in [3.8, 4) is 5.75 Å². The summed E-state index contributed by atoms with van der Waals surface area (Å²) < 4.78 is 46.1. The summed E-state index contributed by atoms with van der Waals surface area (Å²) >= 11 is 0. The molecule has 1 aliphatic carbocycles. The number of methoxy groups -OCH3 is 1. The summed E-state index contributed by atoms with van der Waals surface area (Å²) in [5.74, 6) is 2.31. The maximum Gasteiger partial charge on any atom is 0.416 e. The molecule has 8 nitrogen and oxygen atoms in total. The lowest BCUT2D eigenvalue weighted by atomic mass is 9.77. The first-order valence-electron chi connectivity index (χ1n) is 14.5. The summed E-state index contributed by atoms with van der Waals surface area (Å²) in [5, 5.41) is 4.07. The molecule has 1 amide bonds. The van der Waals surface area contributed by atoms with Gasteiger partial charge >= 0.3 is 6.18 Å². The number of nitrogens with two attached hydrogens (primary N) is 1. The van der Waals surface area contributed by atoms with Crippen LogP contribution in [0.1, 0.15) is 67.1 Å². The molecule has 2 heterocycles. The van der Waals surface area contributed by atoms with Gasteiger partial charge in [0.25, 0.3) is 0 Å². The minimum atomic E-state index is -4.50. The summed E-state index contributed by atoms with van der Waals surface area (Å²) in [5.41, 5.74) is 7.20. The van der Waals surface area contributed by atoms with Crippen LogP contribution in [-0.4, -0.2) is 66.0 Å². The van der Waals surface area contributed by atoms with Gasteiger partial charge in [-0.1, -0.05) is 0 Å². The highest BCUT2D eigenvalue weighted by atomic mass is 19.4. The van der Waals surface area contributed by atoms with E-state index in [1.54, 1.807) is 27.0 Å². The van der Waals surface area contributed by atoms with Crippen molar-refractivity contribution in [1.82, 2.24) is 19.8 Å². The SMILES string of the molecule is COc1cc2nc(C)nc(N[C@@H](C)c3cc(N)cc(C(F)(F)F)c3)c2cc1C1CCC(C(=O)N2CCN(C)CC2)CC1. The highest BCUT2D eigenvalue weighted by Gasteiger charge is 2.33. The van der Waals surface area contributed by atoms with Gasteiger partial charge in [-0.05, 0) is 87.9 Å². The Bertz CT molecular complexity index is 1450. The van der Waals surface area contributed by atoms with Crippen molar-refractivity contribution in [2.24, 2.45) is 5.92 Å². The number of carbonyl (C=O) groups excluding carboxylic acids is 1.